The van der Waals surface area contributed by atoms with Crippen LogP contribution in [0, 0.1) is 0 Å². The van der Waals surface area contributed by atoms with Gasteiger partial charge in [0.05, 0.1) is 0 Å². The fraction of sp³-hybridized carbons (Fsp3) is 0.111. The molecule has 0 spiro atoms. The maximum Gasteiger partial charge on any atom is 0.315 e. The number of para-hydroxylation sites is 2. The molecule has 2 aromatic carbocycles. The largest absolute Gasteiger partial charge is 0.538 e. The third-order valence-corrected chi connectivity index (χ3v) is 3.60. The van der Waals surface area contributed by atoms with Gasteiger partial charge in [0.15, 0.2) is 5.97 Å². The number of aryl methyl sites for hydroxylation is 1. The van der Waals surface area contributed by atoms with Gasteiger partial charge in [-0.3, -0.25) is 0 Å². The fourth-order valence-corrected chi connectivity index (χ4v) is 2.60. The lowest BCUT2D eigenvalue weighted by atomic mass is 10.3. The number of carbonyl (C=O) groups excluding carboxylic acids is 1. The quantitative estimate of drug-likeness (QED) is 0.687. The molecule has 110 valence electrons. The van der Waals surface area contributed by atoms with E-state index in [0.29, 0.717) is 0 Å². The summed E-state index contributed by atoms with van der Waals surface area (Å²) in [4.78, 5) is 11.8. The van der Waals surface area contributed by atoms with E-state index in [-0.39, 0.29) is 5.82 Å². The molecule has 0 saturated heterocycles. The molecular weight excluding hydrogens is 276 g/mol. The van der Waals surface area contributed by atoms with Gasteiger partial charge in [0.1, 0.15) is 23.3 Å². The van der Waals surface area contributed by atoms with Crippen molar-refractivity contribution >= 4 is 5.97 Å². The van der Waals surface area contributed by atoms with Crippen molar-refractivity contribution in [2.75, 3.05) is 0 Å². The van der Waals surface area contributed by atoms with E-state index in [0.717, 1.165) is 23.5 Å². The Morgan fingerprint density at radius 1 is 1.05 bits per heavy atom. The maximum atomic E-state index is 11.8. The number of nitrogens with zero attached hydrogens (tertiary/aromatic N) is 2. The second-order valence-corrected chi connectivity index (χ2v) is 4.96. The molecule has 0 fully saturated rings. The highest BCUT2D eigenvalue weighted by molar-refractivity contribution is 5.81. The van der Waals surface area contributed by atoms with Crippen LogP contribution in [-0.2, 0) is 6.42 Å². The van der Waals surface area contributed by atoms with Crippen LogP contribution < -0.4 is 9.67 Å². The van der Waals surface area contributed by atoms with Gasteiger partial charge in [-0.15, -0.1) is 0 Å². The maximum absolute atomic E-state index is 11.8. The number of hydrogen-bond donors (Lipinski definition) is 0. The molecule has 4 nitrogen and oxygen atoms in total. The minimum absolute atomic E-state index is 0.120. The van der Waals surface area contributed by atoms with E-state index in [4.69, 9.17) is 0 Å². The molecule has 3 rings (SSSR count). The van der Waals surface area contributed by atoms with Gasteiger partial charge in [-0.1, -0.05) is 43.3 Å². The molecule has 4 heteroatoms. The highest BCUT2D eigenvalue weighted by Gasteiger charge is 2.26. The molecule has 0 radical (unpaired) electrons. The number of rotatable bonds is 4. The lowest BCUT2D eigenvalue weighted by Gasteiger charge is -2.06. The Balaban J connectivity index is 2.30. The van der Waals surface area contributed by atoms with E-state index < -0.39 is 5.97 Å². The topological polar surface area (TPSA) is 48.9 Å². The molecule has 22 heavy (non-hydrogen) atoms. The highest BCUT2D eigenvalue weighted by atomic mass is 16.4. The minimum Gasteiger partial charge on any atom is -0.538 e. The second-order valence-electron chi connectivity index (χ2n) is 4.96. The number of imidazole rings is 1. The summed E-state index contributed by atoms with van der Waals surface area (Å²) in [6.45, 7) is 2.00. The summed E-state index contributed by atoms with van der Waals surface area (Å²) in [6.07, 6.45) is 2.57. The van der Waals surface area contributed by atoms with E-state index in [1.807, 2.05) is 73.8 Å². The number of hydrogen-bond acceptors (Lipinski definition) is 2. The summed E-state index contributed by atoms with van der Waals surface area (Å²) in [7, 11) is 0. The average Bonchev–Trinajstić information content (AvgIpc) is 2.96. The lowest BCUT2D eigenvalue weighted by molar-refractivity contribution is -0.601. The Kier molecular flexibility index (Phi) is 3.74. The van der Waals surface area contributed by atoms with Crippen molar-refractivity contribution in [1.29, 1.82) is 0 Å². The average molecular weight is 292 g/mol. The van der Waals surface area contributed by atoms with Crippen molar-refractivity contribution in [1.82, 2.24) is 4.57 Å². The Morgan fingerprint density at radius 3 is 2.18 bits per heavy atom. The van der Waals surface area contributed by atoms with Gasteiger partial charge in [-0.05, 0) is 24.3 Å². The van der Waals surface area contributed by atoms with Crippen LogP contribution in [0.5, 0.6) is 0 Å². The Labute approximate surface area is 128 Å². The predicted molar refractivity (Wildman–Crippen MR) is 81.0 cm³/mol. The van der Waals surface area contributed by atoms with Crippen molar-refractivity contribution in [3.63, 3.8) is 0 Å². The van der Waals surface area contributed by atoms with Gasteiger partial charge in [-0.2, -0.15) is 9.13 Å². The normalized spacial score (nSPS) is 10.6. The molecule has 0 aliphatic carbocycles. The standard InChI is InChI=1S/C18H16N2O2/c1-2-14-13-19(15-9-5-3-6-10-15)17(18(21)22)20(14)16-11-7-4-8-12-16/h3-13H,2H2,1H3. The van der Waals surface area contributed by atoms with Gasteiger partial charge < -0.3 is 9.90 Å². The molecule has 0 atom stereocenters. The molecule has 0 saturated carbocycles. The fourth-order valence-electron chi connectivity index (χ4n) is 2.60. The van der Waals surface area contributed by atoms with Gasteiger partial charge in [0, 0.05) is 6.42 Å². The molecule has 0 unspecified atom stereocenters. The van der Waals surface area contributed by atoms with Crippen LogP contribution in [0.15, 0.2) is 66.9 Å². The summed E-state index contributed by atoms with van der Waals surface area (Å²) >= 11 is 0. The molecule has 1 aromatic heterocycles. The first-order chi connectivity index (χ1) is 10.7. The first kappa shape index (κ1) is 14.1. The Hall–Kier alpha value is -2.88. The lowest BCUT2D eigenvalue weighted by Crippen LogP contribution is -2.42. The third kappa shape index (κ3) is 2.39. The first-order valence-corrected chi connectivity index (χ1v) is 7.21. The zero-order valence-corrected chi connectivity index (χ0v) is 12.3. The van der Waals surface area contributed by atoms with Gasteiger partial charge in [-0.25, -0.2) is 0 Å². The van der Waals surface area contributed by atoms with E-state index in [1.165, 1.54) is 0 Å². The molecule has 0 aliphatic heterocycles. The molecule has 3 aromatic rings. The summed E-state index contributed by atoms with van der Waals surface area (Å²) in [6, 6.07) is 18.9. The van der Waals surface area contributed by atoms with Crippen LogP contribution in [0.2, 0.25) is 0 Å². The Morgan fingerprint density at radius 2 is 1.64 bits per heavy atom. The third-order valence-electron chi connectivity index (χ3n) is 3.60. The predicted octanol–water partition coefficient (Wildman–Crippen LogP) is 1.68. The van der Waals surface area contributed by atoms with Gasteiger partial charge >= 0.3 is 5.82 Å². The number of carboxylic acid groups (broad SMARTS) is 1. The molecule has 0 bridgehead atoms. The van der Waals surface area contributed by atoms with Crippen molar-refractivity contribution in [3.8, 4) is 11.4 Å². The smallest absolute Gasteiger partial charge is 0.315 e. The summed E-state index contributed by atoms with van der Waals surface area (Å²) < 4.78 is 3.41. The second kappa shape index (κ2) is 5.85. The molecule has 1 heterocycles. The first-order valence-electron chi connectivity index (χ1n) is 7.21. The van der Waals surface area contributed by atoms with Crippen LogP contribution in [0.25, 0.3) is 11.4 Å². The van der Waals surface area contributed by atoms with Crippen molar-refractivity contribution in [2.45, 2.75) is 13.3 Å². The van der Waals surface area contributed by atoms with Gasteiger partial charge in [0.25, 0.3) is 0 Å². The number of benzene rings is 2. The van der Waals surface area contributed by atoms with E-state index >= 15 is 0 Å². The summed E-state index contributed by atoms with van der Waals surface area (Å²) in [5, 5.41) is 11.8. The van der Waals surface area contributed by atoms with E-state index in [2.05, 4.69) is 0 Å². The van der Waals surface area contributed by atoms with Crippen LogP contribution >= 0.6 is 0 Å². The SMILES string of the molecule is CCc1c[n+](-c2ccccc2)c(C(=O)[O-])n1-c1ccccc1. The molecular formula is C18H16N2O2. The highest BCUT2D eigenvalue weighted by Crippen LogP contribution is 2.16. The zero-order valence-electron chi connectivity index (χ0n) is 12.3. The van der Waals surface area contributed by atoms with E-state index in [1.54, 1.807) is 9.13 Å². The molecule has 0 amide bonds. The number of carboxylic acids is 1. The van der Waals surface area contributed by atoms with Crippen LogP contribution in [0.3, 0.4) is 0 Å². The molecule has 0 aliphatic rings. The minimum atomic E-state index is -1.20. The number of aromatic nitrogens is 2. The van der Waals surface area contributed by atoms with Gasteiger partial charge in [0.2, 0.25) is 0 Å². The Bertz CT molecular complexity index is 793. The monoisotopic (exact) mass is 292 g/mol. The van der Waals surface area contributed by atoms with Crippen molar-refractivity contribution < 1.29 is 14.5 Å². The van der Waals surface area contributed by atoms with Crippen LogP contribution in [-0.4, -0.2) is 10.5 Å². The zero-order chi connectivity index (χ0) is 15.5. The van der Waals surface area contributed by atoms with Crippen molar-refractivity contribution in [2.24, 2.45) is 0 Å². The van der Waals surface area contributed by atoms with Crippen LogP contribution in [0.4, 0.5) is 0 Å². The summed E-state index contributed by atoms with van der Waals surface area (Å²) in [5.41, 5.74) is 2.52. The number of carbonyl (C=O) groups is 1. The van der Waals surface area contributed by atoms with Crippen LogP contribution in [0.1, 0.15) is 23.2 Å². The molecule has 0 N–H and O–H groups in total. The summed E-state index contributed by atoms with van der Waals surface area (Å²) in [5.74, 6) is -1.08. The number of aromatic carboxylic acids is 1. The van der Waals surface area contributed by atoms with E-state index in [9.17, 15) is 9.90 Å². The van der Waals surface area contributed by atoms with Crippen molar-refractivity contribution in [3.05, 3.63) is 78.4 Å².